The number of nitrogens with zero attached hydrogens (tertiary/aromatic N) is 1. The Balaban J connectivity index is 2.82. The van der Waals surface area contributed by atoms with Crippen LogP contribution in [0.3, 0.4) is 0 Å². The summed E-state index contributed by atoms with van der Waals surface area (Å²) in [5.41, 5.74) is 6.34. The van der Waals surface area contributed by atoms with Gasteiger partial charge in [0.05, 0.1) is 15.5 Å². The van der Waals surface area contributed by atoms with Crippen LogP contribution in [0.4, 0.5) is 4.39 Å². The van der Waals surface area contributed by atoms with Crippen molar-refractivity contribution in [3.05, 3.63) is 35.6 Å². The fraction of sp³-hybridized carbons (Fsp3) is 0.538. The average molecular weight is 272 g/mol. The minimum Gasteiger partial charge on any atom is -0.330 e. The zero-order chi connectivity index (χ0) is 13.4. The summed E-state index contributed by atoms with van der Waals surface area (Å²) in [5.74, 6) is 0.467. The molecule has 1 aromatic carbocycles. The zero-order valence-corrected chi connectivity index (χ0v) is 11.6. The van der Waals surface area contributed by atoms with Gasteiger partial charge in [-0.05, 0) is 24.1 Å². The van der Waals surface area contributed by atoms with E-state index in [1.54, 1.807) is 12.1 Å². The van der Waals surface area contributed by atoms with E-state index in [0.717, 1.165) is 18.4 Å². The summed E-state index contributed by atoms with van der Waals surface area (Å²) in [4.78, 5) is 0. The summed E-state index contributed by atoms with van der Waals surface area (Å²) in [7, 11) is -2.30. The maximum absolute atomic E-state index is 12.8. The third-order valence-corrected chi connectivity index (χ3v) is 4.89. The lowest BCUT2D eigenvalue weighted by Gasteiger charge is -2.09. The molecular weight excluding hydrogens is 251 g/mol. The van der Waals surface area contributed by atoms with Gasteiger partial charge in [0.25, 0.3) is 0 Å². The molecule has 0 fully saturated rings. The van der Waals surface area contributed by atoms with Gasteiger partial charge in [0.15, 0.2) is 0 Å². The molecule has 0 bridgehead atoms. The number of hydrogen-bond acceptors (Lipinski definition) is 3. The average Bonchev–Trinajstić information content (AvgIpc) is 2.33. The standard InChI is InChI=1S/C13H21FN2OS/c1-2-3-9-16-18(17,10-8-15)11-12-4-6-13(14)7-5-12/h4-7H,2-3,8-11,15H2,1H3. The Hall–Kier alpha value is -0.940. The van der Waals surface area contributed by atoms with E-state index >= 15 is 0 Å². The van der Waals surface area contributed by atoms with Gasteiger partial charge in [-0.2, -0.15) is 0 Å². The van der Waals surface area contributed by atoms with Gasteiger partial charge in [-0.3, -0.25) is 0 Å². The Morgan fingerprint density at radius 3 is 2.56 bits per heavy atom. The van der Waals surface area contributed by atoms with Crippen molar-refractivity contribution >= 4 is 9.73 Å². The molecule has 0 aliphatic heterocycles. The van der Waals surface area contributed by atoms with Crippen molar-refractivity contribution in [3.8, 4) is 0 Å². The minimum atomic E-state index is -2.30. The summed E-state index contributed by atoms with van der Waals surface area (Å²) < 4.78 is 29.7. The summed E-state index contributed by atoms with van der Waals surface area (Å²) in [6, 6.07) is 6.06. The lowest BCUT2D eigenvalue weighted by Crippen LogP contribution is -2.17. The van der Waals surface area contributed by atoms with Crippen molar-refractivity contribution in [2.24, 2.45) is 10.1 Å². The molecule has 102 valence electrons. The van der Waals surface area contributed by atoms with E-state index in [4.69, 9.17) is 5.73 Å². The van der Waals surface area contributed by atoms with E-state index in [0.29, 0.717) is 24.6 Å². The first-order chi connectivity index (χ1) is 8.59. The molecule has 18 heavy (non-hydrogen) atoms. The fourth-order valence-electron chi connectivity index (χ4n) is 1.60. The van der Waals surface area contributed by atoms with Gasteiger partial charge in [0.2, 0.25) is 0 Å². The maximum atomic E-state index is 12.8. The van der Waals surface area contributed by atoms with Crippen LogP contribution in [0.15, 0.2) is 28.6 Å². The monoisotopic (exact) mass is 272 g/mol. The second-order valence-corrected chi connectivity index (χ2v) is 6.74. The van der Waals surface area contributed by atoms with Crippen molar-refractivity contribution in [2.75, 3.05) is 18.8 Å². The van der Waals surface area contributed by atoms with Gasteiger partial charge in [-0.25, -0.2) is 13.0 Å². The SMILES string of the molecule is CCCCN=S(=O)(CCN)Cc1ccc(F)cc1. The summed E-state index contributed by atoms with van der Waals surface area (Å²) in [6.07, 6.45) is 1.96. The molecule has 0 heterocycles. The fourth-order valence-corrected chi connectivity index (χ4v) is 3.50. The maximum Gasteiger partial charge on any atom is 0.123 e. The van der Waals surface area contributed by atoms with Crippen LogP contribution in [-0.4, -0.2) is 23.1 Å². The minimum absolute atomic E-state index is 0.285. The summed E-state index contributed by atoms with van der Waals surface area (Å²) in [5, 5.41) is 0. The molecule has 2 N–H and O–H groups in total. The third kappa shape index (κ3) is 5.14. The molecule has 3 nitrogen and oxygen atoms in total. The molecule has 0 radical (unpaired) electrons. The normalized spacial score (nSPS) is 14.2. The van der Waals surface area contributed by atoms with Gasteiger partial charge in [-0.1, -0.05) is 25.5 Å². The van der Waals surface area contributed by atoms with Crippen molar-refractivity contribution in [3.63, 3.8) is 0 Å². The highest BCUT2D eigenvalue weighted by Gasteiger charge is 2.09. The van der Waals surface area contributed by atoms with Crippen molar-refractivity contribution < 1.29 is 8.60 Å². The largest absolute Gasteiger partial charge is 0.330 e. The Bertz CT molecular complexity index is 464. The Labute approximate surface area is 109 Å². The van der Waals surface area contributed by atoms with Gasteiger partial charge in [-0.15, -0.1) is 0 Å². The number of benzene rings is 1. The van der Waals surface area contributed by atoms with Crippen LogP contribution in [0.25, 0.3) is 0 Å². The molecule has 1 unspecified atom stereocenters. The molecule has 1 aromatic rings. The number of rotatable bonds is 7. The molecule has 1 atom stereocenters. The van der Waals surface area contributed by atoms with E-state index in [9.17, 15) is 8.60 Å². The Morgan fingerprint density at radius 1 is 1.33 bits per heavy atom. The van der Waals surface area contributed by atoms with Crippen LogP contribution in [0.1, 0.15) is 25.3 Å². The molecule has 0 spiro atoms. The quantitative estimate of drug-likeness (QED) is 0.776. The number of halogens is 1. The molecular formula is C13H21FN2OS. The molecule has 0 saturated carbocycles. The molecule has 0 amide bonds. The highest BCUT2D eigenvalue weighted by molar-refractivity contribution is 7.92. The predicted octanol–water partition coefficient (Wildman–Crippen LogP) is 2.55. The predicted molar refractivity (Wildman–Crippen MR) is 74.4 cm³/mol. The van der Waals surface area contributed by atoms with Crippen LogP contribution in [0, 0.1) is 5.82 Å². The summed E-state index contributed by atoms with van der Waals surface area (Å²) in [6.45, 7) is 3.03. The van der Waals surface area contributed by atoms with Gasteiger partial charge in [0, 0.05) is 18.8 Å². The van der Waals surface area contributed by atoms with Gasteiger partial charge < -0.3 is 5.73 Å². The van der Waals surface area contributed by atoms with E-state index in [1.165, 1.54) is 12.1 Å². The Kier molecular flexibility index (Phi) is 6.29. The first kappa shape index (κ1) is 15.1. The lowest BCUT2D eigenvalue weighted by molar-refractivity contribution is 0.627. The van der Waals surface area contributed by atoms with E-state index in [1.807, 2.05) is 0 Å². The van der Waals surface area contributed by atoms with Crippen LogP contribution >= 0.6 is 0 Å². The van der Waals surface area contributed by atoms with Crippen LogP contribution in [0.5, 0.6) is 0 Å². The van der Waals surface area contributed by atoms with Gasteiger partial charge in [0.1, 0.15) is 5.82 Å². The van der Waals surface area contributed by atoms with Crippen molar-refractivity contribution in [1.82, 2.24) is 0 Å². The van der Waals surface area contributed by atoms with Crippen LogP contribution in [-0.2, 0) is 15.5 Å². The molecule has 0 aliphatic rings. The lowest BCUT2D eigenvalue weighted by atomic mass is 10.2. The molecule has 0 aliphatic carbocycles. The first-order valence-corrected chi connectivity index (χ1v) is 8.08. The number of nitrogens with two attached hydrogens (primary N) is 1. The number of unbranched alkanes of at least 4 members (excludes halogenated alkanes) is 1. The van der Waals surface area contributed by atoms with E-state index in [-0.39, 0.29) is 5.82 Å². The molecule has 1 rings (SSSR count). The van der Waals surface area contributed by atoms with Gasteiger partial charge >= 0.3 is 0 Å². The Morgan fingerprint density at radius 2 is 2.00 bits per heavy atom. The smallest absolute Gasteiger partial charge is 0.123 e. The third-order valence-electron chi connectivity index (χ3n) is 2.58. The highest BCUT2D eigenvalue weighted by Crippen LogP contribution is 2.11. The highest BCUT2D eigenvalue weighted by atomic mass is 32.2. The summed E-state index contributed by atoms with van der Waals surface area (Å²) >= 11 is 0. The van der Waals surface area contributed by atoms with E-state index in [2.05, 4.69) is 11.3 Å². The van der Waals surface area contributed by atoms with Crippen LogP contribution in [0.2, 0.25) is 0 Å². The van der Waals surface area contributed by atoms with E-state index < -0.39 is 9.73 Å². The molecule has 0 saturated heterocycles. The number of hydrogen-bond donors (Lipinski definition) is 1. The first-order valence-electron chi connectivity index (χ1n) is 6.22. The topological polar surface area (TPSA) is 55.5 Å². The second kappa shape index (κ2) is 7.48. The van der Waals surface area contributed by atoms with Crippen molar-refractivity contribution in [2.45, 2.75) is 25.5 Å². The van der Waals surface area contributed by atoms with Crippen LogP contribution < -0.4 is 5.73 Å². The molecule has 0 aromatic heterocycles. The van der Waals surface area contributed by atoms with Crippen molar-refractivity contribution in [1.29, 1.82) is 0 Å². The zero-order valence-electron chi connectivity index (χ0n) is 10.8. The second-order valence-electron chi connectivity index (χ2n) is 4.24. The molecule has 5 heteroatoms.